The fourth-order valence-corrected chi connectivity index (χ4v) is 2.26. The molecular weight excluding hydrogens is 266 g/mol. The fourth-order valence-electron chi connectivity index (χ4n) is 1.09. The van der Waals surface area contributed by atoms with Crippen molar-refractivity contribution in [2.24, 2.45) is 0 Å². The predicted octanol–water partition coefficient (Wildman–Crippen LogP) is 4.74. The Hall–Kier alpha value is 0.340. The standard InChI is InChI=1S/C9H8Cl4O/c1-2-6(14)7-4(10)3-5(11)8(12)9(7)13/h3,6,14H,2H2,1H3/t6-/m1/s1. The molecule has 0 aliphatic carbocycles. The average Bonchev–Trinajstić information content (AvgIpc) is 2.14. The van der Waals surface area contributed by atoms with Crippen molar-refractivity contribution >= 4 is 46.4 Å². The Balaban J connectivity index is 3.36. The molecule has 0 saturated carbocycles. The van der Waals surface area contributed by atoms with E-state index < -0.39 is 6.10 Å². The van der Waals surface area contributed by atoms with Gasteiger partial charge in [-0.3, -0.25) is 0 Å². The van der Waals surface area contributed by atoms with E-state index in [1.165, 1.54) is 6.07 Å². The van der Waals surface area contributed by atoms with Crippen molar-refractivity contribution in [1.82, 2.24) is 0 Å². The molecule has 1 atom stereocenters. The van der Waals surface area contributed by atoms with Crippen molar-refractivity contribution in [1.29, 1.82) is 0 Å². The largest absolute Gasteiger partial charge is 0.388 e. The van der Waals surface area contributed by atoms with Crippen LogP contribution in [0.25, 0.3) is 0 Å². The molecule has 14 heavy (non-hydrogen) atoms. The Bertz CT molecular complexity index is 351. The second-order valence-corrected chi connectivity index (χ2v) is 4.38. The van der Waals surface area contributed by atoms with Gasteiger partial charge < -0.3 is 5.11 Å². The van der Waals surface area contributed by atoms with Gasteiger partial charge in [0, 0.05) is 10.6 Å². The van der Waals surface area contributed by atoms with Crippen molar-refractivity contribution < 1.29 is 5.11 Å². The van der Waals surface area contributed by atoms with Crippen LogP contribution < -0.4 is 0 Å². The minimum atomic E-state index is -0.718. The van der Waals surface area contributed by atoms with E-state index in [2.05, 4.69) is 0 Å². The fraction of sp³-hybridized carbons (Fsp3) is 0.333. The molecule has 0 bridgehead atoms. The molecule has 0 spiro atoms. The highest BCUT2D eigenvalue weighted by molar-refractivity contribution is 6.49. The zero-order chi connectivity index (χ0) is 10.9. The normalized spacial score (nSPS) is 13.0. The van der Waals surface area contributed by atoms with E-state index in [1.807, 2.05) is 6.92 Å². The van der Waals surface area contributed by atoms with Crippen LogP contribution >= 0.6 is 46.4 Å². The van der Waals surface area contributed by atoms with Crippen LogP contribution in [0.2, 0.25) is 20.1 Å². The molecule has 0 aliphatic heterocycles. The molecule has 0 unspecified atom stereocenters. The van der Waals surface area contributed by atoms with Gasteiger partial charge in [0.05, 0.1) is 21.2 Å². The van der Waals surface area contributed by atoms with E-state index in [0.717, 1.165) is 0 Å². The van der Waals surface area contributed by atoms with E-state index >= 15 is 0 Å². The Morgan fingerprint density at radius 1 is 1.14 bits per heavy atom. The van der Waals surface area contributed by atoms with Crippen LogP contribution in [-0.4, -0.2) is 5.11 Å². The summed E-state index contributed by atoms with van der Waals surface area (Å²) >= 11 is 23.4. The van der Waals surface area contributed by atoms with Crippen molar-refractivity contribution in [2.75, 3.05) is 0 Å². The van der Waals surface area contributed by atoms with Gasteiger partial charge >= 0.3 is 0 Å². The SMILES string of the molecule is CC[C@@H](O)c1c(Cl)cc(Cl)c(Cl)c1Cl. The predicted molar refractivity (Wildman–Crippen MR) is 61.7 cm³/mol. The summed E-state index contributed by atoms with van der Waals surface area (Å²) in [7, 11) is 0. The number of aliphatic hydroxyl groups is 1. The average molecular weight is 274 g/mol. The summed E-state index contributed by atoms with van der Waals surface area (Å²) in [5, 5.41) is 10.7. The second-order valence-electron chi connectivity index (χ2n) is 2.81. The lowest BCUT2D eigenvalue weighted by atomic mass is 10.1. The molecule has 0 saturated heterocycles. The summed E-state index contributed by atoms with van der Waals surface area (Å²) in [5.41, 5.74) is 0.435. The topological polar surface area (TPSA) is 20.2 Å². The first kappa shape index (κ1) is 12.4. The van der Waals surface area contributed by atoms with Crippen LogP contribution in [0, 0.1) is 0 Å². The Morgan fingerprint density at radius 3 is 2.21 bits per heavy atom. The molecule has 1 aromatic carbocycles. The van der Waals surface area contributed by atoms with Crippen LogP contribution in [-0.2, 0) is 0 Å². The number of benzene rings is 1. The molecule has 1 N–H and O–H groups in total. The van der Waals surface area contributed by atoms with Gasteiger partial charge in [-0.15, -0.1) is 0 Å². The molecule has 0 heterocycles. The number of hydrogen-bond acceptors (Lipinski definition) is 1. The summed E-state index contributed by atoms with van der Waals surface area (Å²) in [6.45, 7) is 1.82. The second kappa shape index (κ2) is 4.91. The van der Waals surface area contributed by atoms with Gasteiger partial charge in [-0.1, -0.05) is 53.3 Å². The first-order valence-electron chi connectivity index (χ1n) is 4.00. The van der Waals surface area contributed by atoms with E-state index in [9.17, 15) is 5.11 Å². The van der Waals surface area contributed by atoms with E-state index in [0.29, 0.717) is 17.0 Å². The molecule has 1 rings (SSSR count). The molecule has 1 nitrogen and oxygen atoms in total. The first-order valence-corrected chi connectivity index (χ1v) is 5.51. The molecule has 5 heteroatoms. The Kier molecular flexibility index (Phi) is 4.35. The van der Waals surface area contributed by atoms with Gasteiger partial charge in [0.15, 0.2) is 0 Å². The molecule has 0 amide bonds. The van der Waals surface area contributed by atoms with Gasteiger partial charge in [-0.05, 0) is 12.5 Å². The van der Waals surface area contributed by atoms with Gasteiger partial charge in [-0.25, -0.2) is 0 Å². The van der Waals surface area contributed by atoms with Crippen molar-refractivity contribution in [3.8, 4) is 0 Å². The quantitative estimate of drug-likeness (QED) is 0.609. The first-order chi connectivity index (χ1) is 6.49. The monoisotopic (exact) mass is 272 g/mol. The lowest BCUT2D eigenvalue weighted by Gasteiger charge is -2.14. The van der Waals surface area contributed by atoms with Crippen LogP contribution in [0.15, 0.2) is 6.07 Å². The number of aliphatic hydroxyl groups excluding tert-OH is 1. The van der Waals surface area contributed by atoms with Gasteiger partial charge in [0.1, 0.15) is 0 Å². The minimum absolute atomic E-state index is 0.221. The van der Waals surface area contributed by atoms with Crippen molar-refractivity contribution in [3.05, 3.63) is 31.7 Å². The molecule has 78 valence electrons. The highest BCUT2D eigenvalue weighted by Gasteiger charge is 2.18. The van der Waals surface area contributed by atoms with Gasteiger partial charge in [0.2, 0.25) is 0 Å². The smallest absolute Gasteiger partial charge is 0.0817 e. The highest BCUT2D eigenvalue weighted by atomic mass is 35.5. The number of halogens is 4. The number of hydrogen-bond donors (Lipinski definition) is 1. The highest BCUT2D eigenvalue weighted by Crippen LogP contribution is 2.40. The third-order valence-electron chi connectivity index (χ3n) is 1.87. The minimum Gasteiger partial charge on any atom is -0.388 e. The van der Waals surface area contributed by atoms with Gasteiger partial charge in [-0.2, -0.15) is 0 Å². The third-order valence-corrected chi connectivity index (χ3v) is 3.46. The molecule has 1 aromatic rings. The zero-order valence-electron chi connectivity index (χ0n) is 7.32. The van der Waals surface area contributed by atoms with E-state index in [4.69, 9.17) is 46.4 Å². The van der Waals surface area contributed by atoms with Crippen LogP contribution in [0.5, 0.6) is 0 Å². The third kappa shape index (κ3) is 2.29. The molecule has 0 aromatic heterocycles. The Labute approximate surface area is 103 Å². The van der Waals surface area contributed by atoms with Crippen LogP contribution in [0.4, 0.5) is 0 Å². The zero-order valence-corrected chi connectivity index (χ0v) is 10.3. The maximum Gasteiger partial charge on any atom is 0.0817 e. The summed E-state index contributed by atoms with van der Waals surface area (Å²) in [6, 6.07) is 1.48. The molecule has 0 radical (unpaired) electrons. The summed E-state index contributed by atoms with van der Waals surface area (Å²) < 4.78 is 0. The van der Waals surface area contributed by atoms with Gasteiger partial charge in [0.25, 0.3) is 0 Å². The summed E-state index contributed by atoms with van der Waals surface area (Å²) in [4.78, 5) is 0. The molecule has 0 fully saturated rings. The maximum atomic E-state index is 9.64. The van der Waals surface area contributed by atoms with Crippen molar-refractivity contribution in [3.63, 3.8) is 0 Å². The lowest BCUT2D eigenvalue weighted by Crippen LogP contribution is -1.98. The summed E-state index contributed by atoms with van der Waals surface area (Å²) in [6.07, 6.45) is -0.206. The number of rotatable bonds is 2. The molecule has 0 aliphatic rings. The van der Waals surface area contributed by atoms with Crippen LogP contribution in [0.3, 0.4) is 0 Å². The van der Waals surface area contributed by atoms with Crippen molar-refractivity contribution in [2.45, 2.75) is 19.4 Å². The Morgan fingerprint density at radius 2 is 1.71 bits per heavy atom. The molecular formula is C9H8Cl4O. The summed E-state index contributed by atoms with van der Waals surface area (Å²) in [5.74, 6) is 0. The lowest BCUT2D eigenvalue weighted by molar-refractivity contribution is 0.174. The van der Waals surface area contributed by atoms with Crippen LogP contribution in [0.1, 0.15) is 25.0 Å². The maximum absolute atomic E-state index is 9.64. The van der Waals surface area contributed by atoms with E-state index in [1.54, 1.807) is 0 Å². The van der Waals surface area contributed by atoms with E-state index in [-0.39, 0.29) is 15.1 Å².